The Morgan fingerprint density at radius 2 is 2.00 bits per heavy atom. The largest absolute Gasteiger partial charge is 0.366 e. The first-order valence-corrected chi connectivity index (χ1v) is 6.18. The average Bonchev–Trinajstić information content (AvgIpc) is 2.13. The monoisotopic (exact) mass is 256 g/mol. The molecule has 0 saturated carbocycles. The smallest absolute Gasteiger partial charge is 0.224 e. The fourth-order valence-electron chi connectivity index (χ4n) is 1.61. The van der Waals surface area contributed by atoms with Crippen LogP contribution in [0.3, 0.4) is 0 Å². The lowest BCUT2D eigenvalue weighted by Gasteiger charge is -2.26. The van der Waals surface area contributed by atoms with Crippen LogP contribution in [0, 0.1) is 12.8 Å². The SMILES string of the molecule is Cc1cc(NC(CN(C)C)C(C)C)nc(Cl)n1. The van der Waals surface area contributed by atoms with E-state index < -0.39 is 0 Å². The Balaban J connectivity index is 2.78. The molecule has 0 bridgehead atoms. The molecule has 1 atom stereocenters. The Kier molecular flexibility index (Phi) is 5.15. The zero-order valence-corrected chi connectivity index (χ0v) is 11.9. The number of aromatic nitrogens is 2. The van der Waals surface area contributed by atoms with Crippen LogP contribution in [0.4, 0.5) is 5.82 Å². The van der Waals surface area contributed by atoms with Crippen molar-refractivity contribution >= 4 is 17.4 Å². The summed E-state index contributed by atoms with van der Waals surface area (Å²) in [6.45, 7) is 7.25. The van der Waals surface area contributed by atoms with Crippen molar-refractivity contribution in [2.45, 2.75) is 26.8 Å². The fourth-order valence-corrected chi connectivity index (χ4v) is 1.84. The Hall–Kier alpha value is -0.870. The Morgan fingerprint density at radius 1 is 1.35 bits per heavy atom. The van der Waals surface area contributed by atoms with Gasteiger partial charge in [-0.15, -0.1) is 0 Å². The molecule has 0 radical (unpaired) electrons. The number of hydrogen-bond donors (Lipinski definition) is 1. The van der Waals surface area contributed by atoms with Gasteiger partial charge in [0.15, 0.2) is 0 Å². The maximum atomic E-state index is 5.85. The van der Waals surface area contributed by atoms with Gasteiger partial charge in [-0.2, -0.15) is 0 Å². The lowest BCUT2D eigenvalue weighted by Crippen LogP contribution is -2.36. The van der Waals surface area contributed by atoms with Crippen molar-refractivity contribution in [3.8, 4) is 0 Å². The van der Waals surface area contributed by atoms with Crippen LogP contribution >= 0.6 is 11.6 Å². The molecule has 96 valence electrons. The van der Waals surface area contributed by atoms with Crippen molar-refractivity contribution in [2.24, 2.45) is 5.92 Å². The Morgan fingerprint density at radius 3 is 2.47 bits per heavy atom. The van der Waals surface area contributed by atoms with E-state index in [1.165, 1.54) is 0 Å². The molecule has 4 nitrogen and oxygen atoms in total. The van der Waals surface area contributed by atoms with Crippen molar-refractivity contribution in [2.75, 3.05) is 26.0 Å². The van der Waals surface area contributed by atoms with Crippen LogP contribution in [0.25, 0.3) is 0 Å². The van der Waals surface area contributed by atoms with Gasteiger partial charge in [0.05, 0.1) is 0 Å². The highest BCUT2D eigenvalue weighted by atomic mass is 35.5. The van der Waals surface area contributed by atoms with Crippen LogP contribution in [0.2, 0.25) is 5.28 Å². The quantitative estimate of drug-likeness (QED) is 0.822. The van der Waals surface area contributed by atoms with Crippen molar-refractivity contribution in [1.29, 1.82) is 0 Å². The van der Waals surface area contributed by atoms with Crippen LogP contribution in [0.5, 0.6) is 0 Å². The summed E-state index contributed by atoms with van der Waals surface area (Å²) in [5, 5.41) is 3.71. The van der Waals surface area contributed by atoms with E-state index in [1.54, 1.807) is 0 Å². The zero-order valence-electron chi connectivity index (χ0n) is 11.2. The Labute approximate surface area is 108 Å². The van der Waals surface area contributed by atoms with Gasteiger partial charge in [0.1, 0.15) is 5.82 Å². The number of rotatable bonds is 5. The van der Waals surface area contributed by atoms with E-state index in [0.29, 0.717) is 17.2 Å². The van der Waals surface area contributed by atoms with E-state index in [1.807, 2.05) is 13.0 Å². The van der Waals surface area contributed by atoms with Gasteiger partial charge in [0.2, 0.25) is 5.28 Å². The molecule has 1 unspecified atom stereocenters. The average molecular weight is 257 g/mol. The standard InChI is InChI=1S/C12H21ClN4/c1-8(2)10(7-17(4)5)15-11-6-9(3)14-12(13)16-11/h6,8,10H,7H2,1-5H3,(H,14,15,16). The van der Waals surface area contributed by atoms with Crippen molar-refractivity contribution in [3.63, 3.8) is 0 Å². The highest BCUT2D eigenvalue weighted by molar-refractivity contribution is 6.28. The second-order valence-corrected chi connectivity index (χ2v) is 5.26. The number of likely N-dealkylation sites (N-methyl/N-ethyl adjacent to an activating group) is 1. The summed E-state index contributed by atoms with van der Waals surface area (Å²) in [7, 11) is 4.13. The van der Waals surface area contributed by atoms with E-state index in [-0.39, 0.29) is 0 Å². The minimum atomic E-state index is 0.292. The minimum absolute atomic E-state index is 0.292. The van der Waals surface area contributed by atoms with Crippen LogP contribution in [0.15, 0.2) is 6.07 Å². The second kappa shape index (κ2) is 6.17. The van der Waals surface area contributed by atoms with Gasteiger partial charge in [-0.1, -0.05) is 13.8 Å². The summed E-state index contributed by atoms with van der Waals surface area (Å²) in [6.07, 6.45) is 0. The first-order chi connectivity index (χ1) is 7.88. The topological polar surface area (TPSA) is 41.0 Å². The molecular formula is C12H21ClN4. The maximum Gasteiger partial charge on any atom is 0.224 e. The van der Waals surface area contributed by atoms with Gasteiger partial charge in [-0.3, -0.25) is 0 Å². The van der Waals surface area contributed by atoms with Gasteiger partial charge in [0.25, 0.3) is 0 Å². The Bertz CT molecular complexity index is 345. The van der Waals surface area contributed by atoms with E-state index in [0.717, 1.165) is 18.1 Å². The summed E-state index contributed by atoms with van der Waals surface area (Å²) in [6, 6.07) is 2.26. The summed E-state index contributed by atoms with van der Waals surface area (Å²) in [5.74, 6) is 1.31. The van der Waals surface area contributed by atoms with Crippen molar-refractivity contribution < 1.29 is 0 Å². The third kappa shape index (κ3) is 4.88. The number of hydrogen-bond acceptors (Lipinski definition) is 4. The molecule has 1 aromatic heterocycles. The maximum absolute atomic E-state index is 5.85. The predicted octanol–water partition coefficient (Wildman–Crippen LogP) is 2.44. The molecule has 1 N–H and O–H groups in total. The molecule has 1 aromatic rings. The van der Waals surface area contributed by atoms with Gasteiger partial charge >= 0.3 is 0 Å². The molecule has 0 aliphatic carbocycles. The van der Waals surface area contributed by atoms with Gasteiger partial charge in [-0.25, -0.2) is 9.97 Å². The highest BCUT2D eigenvalue weighted by Crippen LogP contribution is 2.14. The molecule has 0 saturated heterocycles. The summed E-state index contributed by atoms with van der Waals surface area (Å²) >= 11 is 5.85. The third-order valence-electron chi connectivity index (χ3n) is 2.53. The summed E-state index contributed by atoms with van der Waals surface area (Å²) in [5.41, 5.74) is 0.875. The summed E-state index contributed by atoms with van der Waals surface area (Å²) in [4.78, 5) is 10.4. The molecule has 0 aromatic carbocycles. The van der Waals surface area contributed by atoms with Crippen LogP contribution in [-0.2, 0) is 0 Å². The van der Waals surface area contributed by atoms with Crippen LogP contribution < -0.4 is 5.32 Å². The molecule has 17 heavy (non-hydrogen) atoms. The molecule has 1 rings (SSSR count). The first-order valence-electron chi connectivity index (χ1n) is 5.81. The first kappa shape index (κ1) is 14.2. The van der Waals surface area contributed by atoms with Gasteiger partial charge in [0, 0.05) is 24.3 Å². The van der Waals surface area contributed by atoms with Crippen molar-refractivity contribution in [1.82, 2.24) is 14.9 Å². The number of nitrogens with zero attached hydrogens (tertiary/aromatic N) is 3. The molecule has 0 aliphatic rings. The fraction of sp³-hybridized carbons (Fsp3) is 0.667. The number of nitrogens with one attached hydrogen (secondary N) is 1. The zero-order chi connectivity index (χ0) is 13.0. The van der Waals surface area contributed by atoms with Gasteiger partial charge in [-0.05, 0) is 38.5 Å². The second-order valence-electron chi connectivity index (χ2n) is 4.92. The lowest BCUT2D eigenvalue weighted by molar-refractivity contribution is 0.344. The molecule has 0 fully saturated rings. The van der Waals surface area contributed by atoms with Crippen molar-refractivity contribution in [3.05, 3.63) is 17.0 Å². The molecule has 0 amide bonds. The van der Waals surface area contributed by atoms with E-state index in [4.69, 9.17) is 11.6 Å². The summed E-state index contributed by atoms with van der Waals surface area (Å²) < 4.78 is 0. The third-order valence-corrected chi connectivity index (χ3v) is 2.70. The van der Waals surface area contributed by atoms with Crippen LogP contribution in [0.1, 0.15) is 19.5 Å². The van der Waals surface area contributed by atoms with E-state index in [2.05, 4.69) is 48.1 Å². The lowest BCUT2D eigenvalue weighted by atomic mass is 10.0. The normalized spacial score (nSPS) is 13.2. The highest BCUT2D eigenvalue weighted by Gasteiger charge is 2.15. The minimum Gasteiger partial charge on any atom is -0.366 e. The van der Waals surface area contributed by atoms with Gasteiger partial charge < -0.3 is 10.2 Å². The number of anilines is 1. The van der Waals surface area contributed by atoms with E-state index in [9.17, 15) is 0 Å². The molecule has 5 heteroatoms. The molecular weight excluding hydrogens is 236 g/mol. The van der Waals surface area contributed by atoms with E-state index >= 15 is 0 Å². The van der Waals surface area contributed by atoms with Crippen LogP contribution in [-0.4, -0.2) is 41.5 Å². The number of aryl methyl sites for hydroxylation is 1. The molecule has 1 heterocycles. The number of halogens is 1. The predicted molar refractivity (Wildman–Crippen MR) is 72.6 cm³/mol. The molecule has 0 spiro atoms. The molecule has 0 aliphatic heterocycles.